The minimum atomic E-state index is -0.126. The van der Waals surface area contributed by atoms with E-state index in [2.05, 4.69) is 5.32 Å². The summed E-state index contributed by atoms with van der Waals surface area (Å²) in [5.74, 6) is 0.709. The fourth-order valence-electron chi connectivity index (χ4n) is 2.85. The molecule has 2 atom stereocenters. The maximum absolute atomic E-state index is 9.66. The first kappa shape index (κ1) is 11.4. The lowest BCUT2D eigenvalue weighted by Gasteiger charge is -2.27. The van der Waals surface area contributed by atoms with E-state index in [1.54, 1.807) is 0 Å². The SMILES string of the molecule is OC1CCC(CN[C@H]2CCC[C@@H]2O)CC1. The number of nitrogens with one attached hydrogen (secondary N) is 1. The van der Waals surface area contributed by atoms with Crippen LogP contribution in [0.2, 0.25) is 0 Å². The number of rotatable bonds is 3. The van der Waals surface area contributed by atoms with E-state index < -0.39 is 0 Å². The van der Waals surface area contributed by atoms with Crippen LogP contribution in [0.15, 0.2) is 0 Å². The molecule has 0 aliphatic heterocycles. The van der Waals surface area contributed by atoms with Crippen LogP contribution in [-0.2, 0) is 0 Å². The summed E-state index contributed by atoms with van der Waals surface area (Å²) in [5.41, 5.74) is 0. The molecule has 0 aromatic heterocycles. The predicted octanol–water partition coefficient (Wildman–Crippen LogP) is 1.04. The summed E-state index contributed by atoms with van der Waals surface area (Å²) in [6.45, 7) is 1.02. The molecule has 0 aromatic carbocycles. The van der Waals surface area contributed by atoms with Crippen LogP contribution in [0.1, 0.15) is 44.9 Å². The predicted molar refractivity (Wildman–Crippen MR) is 59.6 cm³/mol. The number of aliphatic hydroxyl groups is 2. The van der Waals surface area contributed by atoms with Crippen molar-refractivity contribution < 1.29 is 10.2 Å². The van der Waals surface area contributed by atoms with Crippen LogP contribution >= 0.6 is 0 Å². The zero-order valence-corrected chi connectivity index (χ0v) is 9.36. The molecule has 15 heavy (non-hydrogen) atoms. The van der Waals surface area contributed by atoms with Crippen molar-refractivity contribution in [2.24, 2.45) is 5.92 Å². The van der Waals surface area contributed by atoms with E-state index in [1.807, 2.05) is 0 Å². The van der Waals surface area contributed by atoms with Gasteiger partial charge in [0, 0.05) is 6.04 Å². The molecule has 0 amide bonds. The van der Waals surface area contributed by atoms with Gasteiger partial charge in [-0.05, 0) is 57.4 Å². The van der Waals surface area contributed by atoms with Crippen molar-refractivity contribution in [1.82, 2.24) is 5.32 Å². The highest BCUT2D eigenvalue weighted by atomic mass is 16.3. The van der Waals surface area contributed by atoms with E-state index in [0.29, 0.717) is 12.0 Å². The summed E-state index contributed by atoms with van der Waals surface area (Å²) in [5, 5.41) is 22.5. The highest BCUT2D eigenvalue weighted by Gasteiger charge is 2.26. The van der Waals surface area contributed by atoms with Crippen molar-refractivity contribution in [3.63, 3.8) is 0 Å². The minimum absolute atomic E-state index is 0.0571. The van der Waals surface area contributed by atoms with Crippen LogP contribution in [0.4, 0.5) is 0 Å². The van der Waals surface area contributed by atoms with E-state index in [4.69, 9.17) is 0 Å². The highest BCUT2D eigenvalue weighted by molar-refractivity contribution is 4.84. The van der Waals surface area contributed by atoms with Crippen LogP contribution in [-0.4, -0.2) is 35.0 Å². The van der Waals surface area contributed by atoms with Gasteiger partial charge in [-0.25, -0.2) is 0 Å². The summed E-state index contributed by atoms with van der Waals surface area (Å²) in [6, 6.07) is 0.330. The van der Waals surface area contributed by atoms with Crippen LogP contribution < -0.4 is 5.32 Å². The Labute approximate surface area is 91.9 Å². The summed E-state index contributed by atoms with van der Waals surface area (Å²) in [7, 11) is 0. The quantitative estimate of drug-likeness (QED) is 0.656. The second-order valence-electron chi connectivity index (χ2n) is 5.19. The van der Waals surface area contributed by atoms with E-state index in [0.717, 1.165) is 51.5 Å². The third kappa shape index (κ3) is 3.16. The minimum Gasteiger partial charge on any atom is -0.393 e. The van der Waals surface area contributed by atoms with Gasteiger partial charge >= 0.3 is 0 Å². The second kappa shape index (κ2) is 5.28. The molecular formula is C12H23NO2. The van der Waals surface area contributed by atoms with Gasteiger partial charge in [0.1, 0.15) is 0 Å². The lowest BCUT2D eigenvalue weighted by Crippen LogP contribution is -2.39. The molecule has 2 aliphatic rings. The molecule has 0 spiro atoms. The largest absolute Gasteiger partial charge is 0.393 e. The van der Waals surface area contributed by atoms with E-state index >= 15 is 0 Å². The third-order valence-electron chi connectivity index (χ3n) is 3.96. The van der Waals surface area contributed by atoms with Gasteiger partial charge in [0.25, 0.3) is 0 Å². The average Bonchev–Trinajstić information content (AvgIpc) is 2.63. The Kier molecular flexibility index (Phi) is 4.00. The Bertz CT molecular complexity index is 190. The standard InChI is InChI=1S/C12H23NO2/c14-10-6-4-9(5-7-10)8-13-11-2-1-3-12(11)15/h9-15H,1-8H2/t9?,10?,11-,12-/m0/s1. The average molecular weight is 213 g/mol. The molecule has 3 nitrogen and oxygen atoms in total. The molecule has 88 valence electrons. The first-order valence-electron chi connectivity index (χ1n) is 6.35. The summed E-state index contributed by atoms with van der Waals surface area (Å²) in [6.07, 6.45) is 7.24. The normalized spacial score (nSPS) is 42.0. The molecule has 0 aromatic rings. The highest BCUT2D eigenvalue weighted by Crippen LogP contribution is 2.25. The van der Waals surface area contributed by atoms with Crippen LogP contribution in [0.25, 0.3) is 0 Å². The van der Waals surface area contributed by atoms with Crippen LogP contribution in [0.5, 0.6) is 0 Å². The van der Waals surface area contributed by atoms with Gasteiger partial charge in [0.15, 0.2) is 0 Å². The zero-order chi connectivity index (χ0) is 10.7. The third-order valence-corrected chi connectivity index (χ3v) is 3.96. The Morgan fingerprint density at radius 1 is 0.933 bits per heavy atom. The lowest BCUT2D eigenvalue weighted by atomic mass is 9.87. The summed E-state index contributed by atoms with van der Waals surface area (Å²) in [4.78, 5) is 0. The molecule has 0 unspecified atom stereocenters. The van der Waals surface area contributed by atoms with Crippen molar-refractivity contribution >= 4 is 0 Å². The second-order valence-corrected chi connectivity index (χ2v) is 5.19. The molecular weight excluding hydrogens is 190 g/mol. The van der Waals surface area contributed by atoms with Gasteiger partial charge in [-0.2, -0.15) is 0 Å². The molecule has 0 radical (unpaired) electrons. The Morgan fingerprint density at radius 3 is 2.27 bits per heavy atom. The molecule has 2 aliphatic carbocycles. The van der Waals surface area contributed by atoms with Crippen molar-refractivity contribution in [2.45, 2.75) is 63.2 Å². The number of hydrogen-bond acceptors (Lipinski definition) is 3. The summed E-state index contributed by atoms with van der Waals surface area (Å²) >= 11 is 0. The van der Waals surface area contributed by atoms with Crippen molar-refractivity contribution in [1.29, 1.82) is 0 Å². The Hall–Kier alpha value is -0.120. The molecule has 0 heterocycles. The van der Waals surface area contributed by atoms with Gasteiger partial charge in [-0.15, -0.1) is 0 Å². The Morgan fingerprint density at radius 2 is 1.67 bits per heavy atom. The molecule has 2 saturated carbocycles. The first-order valence-corrected chi connectivity index (χ1v) is 6.35. The van der Waals surface area contributed by atoms with Gasteiger partial charge in [0.2, 0.25) is 0 Å². The van der Waals surface area contributed by atoms with Crippen LogP contribution in [0.3, 0.4) is 0 Å². The van der Waals surface area contributed by atoms with E-state index in [1.165, 1.54) is 0 Å². The number of hydrogen-bond donors (Lipinski definition) is 3. The van der Waals surface area contributed by atoms with Crippen molar-refractivity contribution in [3.05, 3.63) is 0 Å². The Balaban J connectivity index is 1.65. The molecule has 0 saturated heterocycles. The fraction of sp³-hybridized carbons (Fsp3) is 1.00. The molecule has 3 heteroatoms. The number of aliphatic hydroxyl groups excluding tert-OH is 2. The molecule has 2 fully saturated rings. The maximum atomic E-state index is 9.66. The van der Waals surface area contributed by atoms with Crippen molar-refractivity contribution in [3.8, 4) is 0 Å². The fourth-order valence-corrected chi connectivity index (χ4v) is 2.85. The van der Waals surface area contributed by atoms with Gasteiger partial charge in [0.05, 0.1) is 12.2 Å². The van der Waals surface area contributed by atoms with Gasteiger partial charge in [-0.1, -0.05) is 0 Å². The smallest absolute Gasteiger partial charge is 0.0693 e. The van der Waals surface area contributed by atoms with E-state index in [9.17, 15) is 10.2 Å². The van der Waals surface area contributed by atoms with E-state index in [-0.39, 0.29) is 12.2 Å². The van der Waals surface area contributed by atoms with Gasteiger partial charge in [-0.3, -0.25) is 0 Å². The topological polar surface area (TPSA) is 52.5 Å². The zero-order valence-electron chi connectivity index (χ0n) is 9.36. The molecule has 3 N–H and O–H groups in total. The van der Waals surface area contributed by atoms with Crippen LogP contribution in [0, 0.1) is 5.92 Å². The molecule has 0 bridgehead atoms. The monoisotopic (exact) mass is 213 g/mol. The summed E-state index contributed by atoms with van der Waals surface area (Å²) < 4.78 is 0. The maximum Gasteiger partial charge on any atom is 0.0693 e. The lowest BCUT2D eigenvalue weighted by molar-refractivity contribution is 0.102. The van der Waals surface area contributed by atoms with Gasteiger partial charge < -0.3 is 15.5 Å². The molecule has 2 rings (SSSR count). The van der Waals surface area contributed by atoms with Crippen molar-refractivity contribution in [2.75, 3.05) is 6.54 Å². The first-order chi connectivity index (χ1) is 7.25.